The van der Waals surface area contributed by atoms with Crippen molar-refractivity contribution >= 4 is 17.9 Å². The zero-order valence-electron chi connectivity index (χ0n) is 28.9. The molecule has 0 bridgehead atoms. The van der Waals surface area contributed by atoms with Crippen LogP contribution < -0.4 is 5.32 Å². The monoisotopic (exact) mass is 706 g/mol. The van der Waals surface area contributed by atoms with Crippen LogP contribution in [0.5, 0.6) is 0 Å². The van der Waals surface area contributed by atoms with Crippen LogP contribution in [0.1, 0.15) is 71.4 Å². The Morgan fingerprint density at radius 2 is 1.23 bits per heavy atom. The molecule has 0 aliphatic carbocycles. The molecule has 266 valence electrons. The molecule has 8 rings (SSSR count). The Hall–Kier alpha value is -6.56. The van der Waals surface area contributed by atoms with Crippen molar-refractivity contribution in [1.82, 2.24) is 40.0 Å². The third kappa shape index (κ3) is 6.90. The number of likely N-dealkylation sites (tertiary alicyclic amines) is 2. The fraction of sp³-hybridized carbons (Fsp3) is 0.220. The number of nitrogens with one attached hydrogen (secondary N) is 3. The first-order valence-electron chi connectivity index (χ1n) is 17.8. The van der Waals surface area contributed by atoms with Gasteiger partial charge in [0.1, 0.15) is 17.7 Å². The highest BCUT2D eigenvalue weighted by Crippen LogP contribution is 2.35. The molecule has 2 fully saturated rings. The van der Waals surface area contributed by atoms with Crippen LogP contribution in [-0.2, 0) is 4.79 Å². The summed E-state index contributed by atoms with van der Waals surface area (Å²) < 4.78 is 0. The van der Waals surface area contributed by atoms with Gasteiger partial charge in [-0.15, -0.1) is 0 Å². The van der Waals surface area contributed by atoms with Gasteiger partial charge in [0.2, 0.25) is 0 Å². The summed E-state index contributed by atoms with van der Waals surface area (Å²) in [7, 11) is 0. The number of hydrogen-bond donors (Lipinski definition) is 4. The lowest BCUT2D eigenvalue weighted by atomic mass is 10.0. The van der Waals surface area contributed by atoms with E-state index in [1.165, 1.54) is 0 Å². The molecule has 5 heterocycles. The van der Waals surface area contributed by atoms with E-state index in [1.807, 2.05) is 29.3 Å². The van der Waals surface area contributed by atoms with E-state index in [9.17, 15) is 19.5 Å². The van der Waals surface area contributed by atoms with E-state index in [0.717, 1.165) is 65.1 Å². The normalized spacial score (nSPS) is 17.5. The number of amides is 3. The van der Waals surface area contributed by atoms with E-state index in [1.54, 1.807) is 59.9 Å². The molecule has 2 aliphatic heterocycles. The summed E-state index contributed by atoms with van der Waals surface area (Å²) in [5.41, 5.74) is 7.01. The Kier molecular flexibility index (Phi) is 9.24. The van der Waals surface area contributed by atoms with Gasteiger partial charge >= 0.3 is 6.09 Å². The van der Waals surface area contributed by atoms with E-state index in [0.29, 0.717) is 30.0 Å². The van der Waals surface area contributed by atoms with E-state index < -0.39 is 12.1 Å². The fourth-order valence-corrected chi connectivity index (χ4v) is 7.48. The molecule has 3 aromatic carbocycles. The quantitative estimate of drug-likeness (QED) is 0.124. The lowest BCUT2D eigenvalue weighted by Crippen LogP contribution is -2.42. The number of pyridine rings is 1. The van der Waals surface area contributed by atoms with Gasteiger partial charge in [0.25, 0.3) is 11.8 Å². The van der Waals surface area contributed by atoms with Crippen LogP contribution in [0, 0.1) is 0 Å². The summed E-state index contributed by atoms with van der Waals surface area (Å²) in [6.07, 6.45) is 8.94. The molecular formula is C41H38N8O4. The molecule has 2 aliphatic rings. The molecule has 0 saturated carbocycles. The van der Waals surface area contributed by atoms with Gasteiger partial charge in [0.15, 0.2) is 0 Å². The van der Waals surface area contributed by atoms with E-state index >= 15 is 0 Å². The number of benzene rings is 3. The van der Waals surface area contributed by atoms with Gasteiger partial charge in [-0.2, -0.15) is 0 Å². The predicted octanol–water partition coefficient (Wildman–Crippen LogP) is 7.18. The van der Waals surface area contributed by atoms with Crippen LogP contribution in [0.4, 0.5) is 4.79 Å². The number of carboxylic acid groups (broad SMARTS) is 1. The van der Waals surface area contributed by atoms with Crippen LogP contribution in [0.2, 0.25) is 0 Å². The second kappa shape index (κ2) is 14.6. The number of aromatic amines is 2. The number of H-pyrrole nitrogens is 2. The van der Waals surface area contributed by atoms with Crippen molar-refractivity contribution in [2.24, 2.45) is 0 Å². The second-order valence-electron chi connectivity index (χ2n) is 13.4. The number of nitrogens with zero attached hydrogens (tertiary/aromatic N) is 5. The molecule has 12 heteroatoms. The average molecular weight is 707 g/mol. The Bertz CT molecular complexity index is 2220. The molecule has 3 aromatic heterocycles. The molecule has 12 nitrogen and oxygen atoms in total. The Balaban J connectivity index is 0.934. The van der Waals surface area contributed by atoms with Crippen molar-refractivity contribution in [3.05, 3.63) is 139 Å². The standard InChI is InChI=1S/C41H38N8O4/c50-39(31-9-4-20-42-23-31)48-21-5-10-34(48)37-43-24-32(45-37)28-16-12-26(13-17-28)27-14-18-29(19-15-27)33-25-44-38(46-33)35-11-6-22-49(35)40(51)36(47-41(52)53)30-7-2-1-3-8-30/h1-4,7-9,12-20,23-25,34-36,47H,5-6,10-11,21-22H2,(H,43,45)(H,44,46)(H,52,53)/t34-,35-,36+/m0/s1. The van der Waals surface area contributed by atoms with Gasteiger partial charge in [-0.25, -0.2) is 14.8 Å². The Labute approximate surface area is 306 Å². The summed E-state index contributed by atoms with van der Waals surface area (Å²) in [6, 6.07) is 27.6. The first kappa shape index (κ1) is 33.6. The number of hydrogen-bond acceptors (Lipinski definition) is 6. The average Bonchev–Trinajstić information content (AvgIpc) is 4.04. The molecule has 3 atom stereocenters. The molecule has 0 radical (unpaired) electrons. The summed E-state index contributed by atoms with van der Waals surface area (Å²) in [5.74, 6) is 1.14. The van der Waals surface area contributed by atoms with Crippen LogP contribution in [0.15, 0.2) is 116 Å². The van der Waals surface area contributed by atoms with Crippen molar-refractivity contribution in [2.75, 3.05) is 13.1 Å². The molecular weight excluding hydrogens is 669 g/mol. The number of imidazole rings is 2. The largest absolute Gasteiger partial charge is 0.465 e. The van der Waals surface area contributed by atoms with Gasteiger partial charge in [-0.05, 0) is 65.6 Å². The van der Waals surface area contributed by atoms with E-state index in [-0.39, 0.29) is 23.9 Å². The van der Waals surface area contributed by atoms with Gasteiger partial charge in [-0.3, -0.25) is 14.6 Å². The third-order valence-electron chi connectivity index (χ3n) is 10.2. The van der Waals surface area contributed by atoms with Gasteiger partial charge in [0.05, 0.1) is 41.4 Å². The van der Waals surface area contributed by atoms with Gasteiger partial charge < -0.3 is 30.2 Å². The summed E-state index contributed by atoms with van der Waals surface area (Å²) in [4.78, 5) is 62.4. The minimum absolute atomic E-state index is 0.0289. The zero-order chi connectivity index (χ0) is 36.3. The van der Waals surface area contributed by atoms with Crippen molar-refractivity contribution in [2.45, 2.75) is 43.8 Å². The lowest BCUT2D eigenvalue weighted by molar-refractivity contribution is -0.134. The van der Waals surface area contributed by atoms with Crippen molar-refractivity contribution < 1.29 is 19.5 Å². The van der Waals surface area contributed by atoms with Crippen LogP contribution in [0.25, 0.3) is 33.6 Å². The molecule has 3 amide bonds. The zero-order valence-corrected chi connectivity index (χ0v) is 28.9. The Morgan fingerprint density at radius 3 is 1.77 bits per heavy atom. The number of carbonyl (C=O) groups excluding carboxylic acids is 2. The van der Waals surface area contributed by atoms with Crippen molar-refractivity contribution in [1.29, 1.82) is 0 Å². The SMILES string of the molecule is O=C(O)N[C@@H](C(=O)N1CCC[C@H]1c1ncc(-c2ccc(-c3ccc(-c4cnc([C@@H]5CCCN5C(=O)c5cccnc5)[nH]4)cc3)cc2)[nH]1)c1ccccc1. The first-order valence-corrected chi connectivity index (χ1v) is 17.8. The van der Waals surface area contributed by atoms with Crippen LogP contribution in [0.3, 0.4) is 0 Å². The van der Waals surface area contributed by atoms with Crippen LogP contribution in [-0.4, -0.2) is 70.8 Å². The summed E-state index contributed by atoms with van der Waals surface area (Å²) in [6.45, 7) is 1.21. The van der Waals surface area contributed by atoms with E-state index in [4.69, 9.17) is 0 Å². The van der Waals surface area contributed by atoms with Crippen LogP contribution >= 0.6 is 0 Å². The van der Waals surface area contributed by atoms with Crippen molar-refractivity contribution in [3.63, 3.8) is 0 Å². The smallest absolute Gasteiger partial charge is 0.405 e. The highest BCUT2D eigenvalue weighted by molar-refractivity contribution is 5.94. The third-order valence-corrected chi connectivity index (χ3v) is 10.2. The number of carbonyl (C=O) groups is 3. The minimum atomic E-state index is -1.25. The first-order chi connectivity index (χ1) is 25.9. The van der Waals surface area contributed by atoms with Gasteiger partial charge in [0, 0.05) is 25.5 Å². The number of rotatable bonds is 9. The highest BCUT2D eigenvalue weighted by atomic mass is 16.4. The Morgan fingerprint density at radius 1 is 0.679 bits per heavy atom. The summed E-state index contributed by atoms with van der Waals surface area (Å²) in [5, 5.41) is 11.9. The predicted molar refractivity (Wildman–Crippen MR) is 198 cm³/mol. The maximum absolute atomic E-state index is 13.7. The lowest BCUT2D eigenvalue weighted by Gasteiger charge is -2.28. The minimum Gasteiger partial charge on any atom is -0.465 e. The maximum Gasteiger partial charge on any atom is 0.405 e. The molecule has 6 aromatic rings. The van der Waals surface area contributed by atoms with E-state index in [2.05, 4.69) is 66.6 Å². The maximum atomic E-state index is 13.7. The van der Waals surface area contributed by atoms with Gasteiger partial charge in [-0.1, -0.05) is 78.9 Å². The molecule has 4 N–H and O–H groups in total. The topological polar surface area (TPSA) is 160 Å². The van der Waals surface area contributed by atoms with Crippen molar-refractivity contribution in [3.8, 4) is 33.6 Å². The molecule has 0 spiro atoms. The molecule has 0 unspecified atom stereocenters. The number of aromatic nitrogens is 5. The molecule has 53 heavy (non-hydrogen) atoms. The second-order valence-corrected chi connectivity index (χ2v) is 13.4. The molecule has 2 saturated heterocycles. The summed E-state index contributed by atoms with van der Waals surface area (Å²) >= 11 is 0. The highest BCUT2D eigenvalue weighted by Gasteiger charge is 2.37. The fourth-order valence-electron chi connectivity index (χ4n) is 7.48.